The molecule has 14 heavy (non-hydrogen) atoms. The van der Waals surface area contributed by atoms with E-state index in [-0.39, 0.29) is 23.1 Å². The molecule has 3 heteroatoms. The Morgan fingerprint density at radius 3 is 3.14 bits per heavy atom. The van der Waals surface area contributed by atoms with Crippen LogP contribution >= 0.6 is 0 Å². The predicted octanol–water partition coefficient (Wildman–Crippen LogP) is 1.23. The van der Waals surface area contributed by atoms with Crippen LogP contribution < -0.4 is 0 Å². The topological polar surface area (TPSA) is 43.4 Å². The Hall–Kier alpha value is -1.12. The highest BCUT2D eigenvalue weighted by atomic mass is 16.5. The van der Waals surface area contributed by atoms with Crippen molar-refractivity contribution < 1.29 is 14.3 Å². The first-order chi connectivity index (χ1) is 6.74. The molecule has 0 aromatic carbocycles. The standard InChI is InChI=1S/C11H12O3/c12-9-4-5-11-6-14-10(13)8(11)3-1-2-7(9)11/h2,8H,1,3-6H2. The molecule has 74 valence electrons. The Bertz CT molecular complexity index is 352. The number of rotatable bonds is 0. The summed E-state index contributed by atoms with van der Waals surface area (Å²) >= 11 is 0. The fourth-order valence-corrected chi connectivity index (χ4v) is 3.13. The van der Waals surface area contributed by atoms with Crippen LogP contribution in [-0.4, -0.2) is 18.4 Å². The molecule has 2 aliphatic carbocycles. The molecule has 0 N–H and O–H groups in total. The molecule has 1 saturated heterocycles. The van der Waals surface area contributed by atoms with Gasteiger partial charge in [0.05, 0.1) is 5.92 Å². The lowest BCUT2D eigenvalue weighted by atomic mass is 9.68. The van der Waals surface area contributed by atoms with E-state index in [4.69, 9.17) is 4.74 Å². The van der Waals surface area contributed by atoms with Gasteiger partial charge in [-0.05, 0) is 19.3 Å². The summed E-state index contributed by atoms with van der Waals surface area (Å²) in [6, 6.07) is 0. The van der Waals surface area contributed by atoms with Crippen LogP contribution in [0.25, 0.3) is 0 Å². The van der Waals surface area contributed by atoms with Crippen molar-refractivity contribution in [2.24, 2.45) is 11.3 Å². The van der Waals surface area contributed by atoms with Gasteiger partial charge in [0.15, 0.2) is 5.78 Å². The predicted molar refractivity (Wildman–Crippen MR) is 48.4 cm³/mol. The Kier molecular flexibility index (Phi) is 1.45. The van der Waals surface area contributed by atoms with Gasteiger partial charge in [0.2, 0.25) is 0 Å². The van der Waals surface area contributed by atoms with Crippen molar-refractivity contribution in [3.05, 3.63) is 11.6 Å². The number of allylic oxidation sites excluding steroid dienone is 1. The third-order valence-corrected chi connectivity index (χ3v) is 3.86. The number of Topliss-reactive ketones (excluding diaryl/α,β-unsaturated/α-hetero) is 1. The van der Waals surface area contributed by atoms with Crippen molar-refractivity contribution >= 4 is 11.8 Å². The Morgan fingerprint density at radius 1 is 1.43 bits per heavy atom. The summed E-state index contributed by atoms with van der Waals surface area (Å²) in [5.41, 5.74) is 0.673. The molecule has 1 saturated carbocycles. The first kappa shape index (κ1) is 8.21. The van der Waals surface area contributed by atoms with Crippen LogP contribution in [0.3, 0.4) is 0 Å². The second-order valence-corrected chi connectivity index (χ2v) is 4.43. The molecule has 1 aliphatic heterocycles. The van der Waals surface area contributed by atoms with E-state index in [1.807, 2.05) is 6.08 Å². The largest absolute Gasteiger partial charge is 0.464 e. The van der Waals surface area contributed by atoms with Gasteiger partial charge in [0, 0.05) is 17.4 Å². The molecule has 3 aliphatic rings. The summed E-state index contributed by atoms with van der Waals surface area (Å²) in [6.07, 6.45) is 5.14. The van der Waals surface area contributed by atoms with Gasteiger partial charge in [0.25, 0.3) is 0 Å². The lowest BCUT2D eigenvalue weighted by Gasteiger charge is -2.30. The highest BCUT2D eigenvalue weighted by Crippen LogP contribution is 2.54. The molecule has 0 aromatic rings. The van der Waals surface area contributed by atoms with E-state index in [0.717, 1.165) is 24.8 Å². The van der Waals surface area contributed by atoms with Gasteiger partial charge in [-0.2, -0.15) is 0 Å². The molecule has 0 bridgehead atoms. The van der Waals surface area contributed by atoms with Crippen molar-refractivity contribution in [2.45, 2.75) is 25.7 Å². The second kappa shape index (κ2) is 2.47. The highest BCUT2D eigenvalue weighted by Gasteiger charge is 2.57. The molecule has 3 nitrogen and oxygen atoms in total. The zero-order chi connectivity index (χ0) is 9.76. The number of hydrogen-bond donors (Lipinski definition) is 0. The molecule has 0 amide bonds. The minimum atomic E-state index is -0.216. The summed E-state index contributed by atoms with van der Waals surface area (Å²) in [6.45, 7) is 0.439. The van der Waals surface area contributed by atoms with Gasteiger partial charge in [-0.15, -0.1) is 0 Å². The molecule has 1 heterocycles. The van der Waals surface area contributed by atoms with E-state index in [2.05, 4.69) is 0 Å². The lowest BCUT2D eigenvalue weighted by Crippen LogP contribution is -2.33. The van der Waals surface area contributed by atoms with Gasteiger partial charge in [-0.25, -0.2) is 0 Å². The smallest absolute Gasteiger partial charge is 0.310 e. The van der Waals surface area contributed by atoms with Crippen molar-refractivity contribution in [1.29, 1.82) is 0 Å². The summed E-state index contributed by atoms with van der Waals surface area (Å²) in [5, 5.41) is 0. The van der Waals surface area contributed by atoms with Gasteiger partial charge in [-0.3, -0.25) is 9.59 Å². The quantitative estimate of drug-likeness (QED) is 0.542. The average molecular weight is 192 g/mol. The average Bonchev–Trinajstić information content (AvgIpc) is 2.69. The van der Waals surface area contributed by atoms with Crippen LogP contribution in [0.15, 0.2) is 11.6 Å². The number of hydrogen-bond acceptors (Lipinski definition) is 3. The molecule has 1 spiro atoms. The maximum Gasteiger partial charge on any atom is 0.310 e. The van der Waals surface area contributed by atoms with E-state index in [1.54, 1.807) is 0 Å². The maximum atomic E-state index is 11.6. The molecule has 0 radical (unpaired) electrons. The maximum absolute atomic E-state index is 11.6. The third-order valence-electron chi connectivity index (χ3n) is 3.86. The van der Waals surface area contributed by atoms with E-state index >= 15 is 0 Å². The third kappa shape index (κ3) is 0.781. The number of esters is 1. The number of ether oxygens (including phenoxy) is 1. The van der Waals surface area contributed by atoms with E-state index in [0.29, 0.717) is 13.0 Å². The molecular formula is C11H12O3. The van der Waals surface area contributed by atoms with E-state index in [9.17, 15) is 9.59 Å². The normalized spacial score (nSPS) is 40.3. The van der Waals surface area contributed by atoms with Crippen molar-refractivity contribution in [1.82, 2.24) is 0 Å². The molecule has 2 unspecified atom stereocenters. The van der Waals surface area contributed by atoms with Gasteiger partial charge in [0.1, 0.15) is 6.61 Å². The SMILES string of the molecule is O=C1CCC23COC(=O)C2CCC=C13. The highest BCUT2D eigenvalue weighted by molar-refractivity contribution is 6.01. The Morgan fingerprint density at radius 2 is 2.29 bits per heavy atom. The lowest BCUT2D eigenvalue weighted by molar-refractivity contribution is -0.141. The van der Waals surface area contributed by atoms with Gasteiger partial charge in [-0.1, -0.05) is 6.08 Å². The minimum Gasteiger partial charge on any atom is -0.464 e. The number of cyclic esters (lactones) is 1. The van der Waals surface area contributed by atoms with E-state index < -0.39 is 0 Å². The molecule has 2 atom stereocenters. The van der Waals surface area contributed by atoms with E-state index in [1.165, 1.54) is 0 Å². The molecule has 3 rings (SSSR count). The van der Waals surface area contributed by atoms with Crippen LogP contribution in [0, 0.1) is 11.3 Å². The number of carbonyl (C=O) groups is 2. The van der Waals surface area contributed by atoms with Crippen LogP contribution in [0.5, 0.6) is 0 Å². The molecule has 0 aromatic heterocycles. The van der Waals surface area contributed by atoms with Crippen LogP contribution in [-0.2, 0) is 14.3 Å². The number of ketones is 1. The fourth-order valence-electron chi connectivity index (χ4n) is 3.13. The van der Waals surface area contributed by atoms with Crippen molar-refractivity contribution in [3.63, 3.8) is 0 Å². The second-order valence-electron chi connectivity index (χ2n) is 4.43. The Balaban J connectivity index is 2.12. The Labute approximate surface area is 82.1 Å². The van der Waals surface area contributed by atoms with Gasteiger partial charge < -0.3 is 4.74 Å². The monoisotopic (exact) mass is 192 g/mol. The molecule has 2 fully saturated rings. The number of carbonyl (C=O) groups excluding carboxylic acids is 2. The van der Waals surface area contributed by atoms with Crippen LogP contribution in [0.1, 0.15) is 25.7 Å². The summed E-state index contributed by atoms with van der Waals surface area (Å²) < 4.78 is 5.12. The zero-order valence-electron chi connectivity index (χ0n) is 7.91. The van der Waals surface area contributed by atoms with Crippen LogP contribution in [0.4, 0.5) is 0 Å². The first-order valence-electron chi connectivity index (χ1n) is 5.14. The first-order valence-corrected chi connectivity index (χ1v) is 5.14. The fraction of sp³-hybridized carbons (Fsp3) is 0.636. The minimum absolute atomic E-state index is 0.0334. The summed E-state index contributed by atoms with van der Waals surface area (Å²) in [4.78, 5) is 23.1. The summed E-state index contributed by atoms with van der Waals surface area (Å²) in [7, 11) is 0. The zero-order valence-corrected chi connectivity index (χ0v) is 7.91. The van der Waals surface area contributed by atoms with Crippen molar-refractivity contribution in [2.75, 3.05) is 6.61 Å². The summed E-state index contributed by atoms with van der Waals surface area (Å²) in [5.74, 6) is 0.104. The van der Waals surface area contributed by atoms with Crippen molar-refractivity contribution in [3.8, 4) is 0 Å². The van der Waals surface area contributed by atoms with Crippen LogP contribution in [0.2, 0.25) is 0 Å². The molecular weight excluding hydrogens is 180 g/mol. The van der Waals surface area contributed by atoms with Gasteiger partial charge >= 0.3 is 5.97 Å².